The summed E-state index contributed by atoms with van der Waals surface area (Å²) >= 11 is 0. The number of rotatable bonds is 3. The van der Waals surface area contributed by atoms with Crippen LogP contribution in [0.3, 0.4) is 0 Å². The molecule has 0 unspecified atom stereocenters. The number of hydrogen-bond donors (Lipinski definition) is 1. The van der Waals surface area contributed by atoms with Gasteiger partial charge in [-0.3, -0.25) is 14.9 Å². The van der Waals surface area contributed by atoms with E-state index in [2.05, 4.69) is 4.98 Å². The van der Waals surface area contributed by atoms with E-state index < -0.39 is 4.92 Å². The summed E-state index contributed by atoms with van der Waals surface area (Å²) < 4.78 is 11.2. The number of fused-ring (bicyclic) bond motifs is 3. The van der Waals surface area contributed by atoms with Crippen LogP contribution in [0.4, 0.5) is 5.69 Å². The van der Waals surface area contributed by atoms with E-state index in [1.807, 2.05) is 6.07 Å². The van der Waals surface area contributed by atoms with Gasteiger partial charge in [-0.2, -0.15) is 0 Å². The first-order valence-electron chi connectivity index (χ1n) is 7.73. The Balaban J connectivity index is 2.18. The number of methoxy groups -OCH3 is 1. The first kappa shape index (κ1) is 15.2. The number of H-pyrrole nitrogens is 1. The Kier molecular flexibility index (Phi) is 3.42. The summed E-state index contributed by atoms with van der Waals surface area (Å²) in [5.74, 6) is 1.15. The van der Waals surface area contributed by atoms with Crippen LogP contribution in [0, 0.1) is 10.1 Å². The fourth-order valence-corrected chi connectivity index (χ4v) is 3.28. The Morgan fingerprint density at radius 1 is 1.24 bits per heavy atom. The molecule has 0 saturated heterocycles. The molecule has 0 fully saturated rings. The quantitative estimate of drug-likeness (QED) is 0.585. The van der Waals surface area contributed by atoms with Crippen molar-refractivity contribution >= 4 is 16.6 Å². The molecule has 126 valence electrons. The molecule has 0 radical (unpaired) electrons. The van der Waals surface area contributed by atoms with Gasteiger partial charge in [-0.1, -0.05) is 12.1 Å². The van der Waals surface area contributed by atoms with Gasteiger partial charge < -0.3 is 14.5 Å². The molecule has 2 heterocycles. The second-order valence-corrected chi connectivity index (χ2v) is 5.74. The summed E-state index contributed by atoms with van der Waals surface area (Å²) in [6, 6.07) is 9.56. The number of hydrogen-bond acceptors (Lipinski definition) is 5. The average molecular weight is 338 g/mol. The van der Waals surface area contributed by atoms with Gasteiger partial charge in [0.2, 0.25) is 5.56 Å². The van der Waals surface area contributed by atoms with E-state index in [1.165, 1.54) is 19.2 Å². The Bertz CT molecular complexity index is 1070. The van der Waals surface area contributed by atoms with Crippen LogP contribution in [0.25, 0.3) is 22.0 Å². The van der Waals surface area contributed by atoms with Crippen LogP contribution in [0.15, 0.2) is 41.2 Å². The summed E-state index contributed by atoms with van der Waals surface area (Å²) in [4.78, 5) is 26.0. The standard InChI is InChI=1S/C18H14N2O5/c1-24-14-8-10-6-7-25-18(10)16-12(9-15(21)19-17(14)16)11-4-2-3-5-13(11)20(22)23/h2-5,8-9H,6-7H2,1H3,(H,19,21). The van der Waals surface area contributed by atoms with Crippen LogP contribution >= 0.6 is 0 Å². The molecule has 1 aromatic heterocycles. The zero-order valence-electron chi connectivity index (χ0n) is 13.4. The normalized spacial score (nSPS) is 12.7. The maximum Gasteiger partial charge on any atom is 0.277 e. The predicted molar refractivity (Wildman–Crippen MR) is 92.4 cm³/mol. The minimum absolute atomic E-state index is 0.0658. The third-order valence-corrected chi connectivity index (χ3v) is 4.34. The molecule has 3 aromatic rings. The van der Waals surface area contributed by atoms with Crippen LogP contribution in [0.1, 0.15) is 5.56 Å². The number of aromatic nitrogens is 1. The minimum Gasteiger partial charge on any atom is -0.495 e. The van der Waals surface area contributed by atoms with Gasteiger partial charge in [0.25, 0.3) is 5.69 Å². The smallest absolute Gasteiger partial charge is 0.277 e. The molecule has 0 amide bonds. The second-order valence-electron chi connectivity index (χ2n) is 5.74. The first-order chi connectivity index (χ1) is 12.1. The lowest BCUT2D eigenvalue weighted by Crippen LogP contribution is -2.07. The SMILES string of the molecule is COc1cc2c(c3c(-c4ccccc4[N+](=O)[O-])cc(=O)[nH]c13)OCC2. The number of benzene rings is 2. The van der Waals surface area contributed by atoms with Crippen molar-refractivity contribution in [3.8, 4) is 22.6 Å². The molecule has 1 N–H and O–H groups in total. The highest BCUT2D eigenvalue weighted by molar-refractivity contribution is 6.04. The number of para-hydroxylation sites is 1. The summed E-state index contributed by atoms with van der Waals surface area (Å²) in [6.07, 6.45) is 0.719. The van der Waals surface area contributed by atoms with Crippen LogP contribution < -0.4 is 15.0 Å². The summed E-state index contributed by atoms with van der Waals surface area (Å²) in [7, 11) is 1.52. The van der Waals surface area contributed by atoms with Crippen molar-refractivity contribution in [2.75, 3.05) is 13.7 Å². The second kappa shape index (κ2) is 5.62. The average Bonchev–Trinajstić information content (AvgIpc) is 3.08. The third-order valence-electron chi connectivity index (χ3n) is 4.34. The highest BCUT2D eigenvalue weighted by atomic mass is 16.6. The van der Waals surface area contributed by atoms with Crippen molar-refractivity contribution in [3.63, 3.8) is 0 Å². The number of nitro groups is 1. The molecule has 4 rings (SSSR count). The van der Waals surface area contributed by atoms with E-state index >= 15 is 0 Å². The highest BCUT2D eigenvalue weighted by Crippen LogP contribution is 2.44. The van der Waals surface area contributed by atoms with Gasteiger partial charge >= 0.3 is 0 Å². The van der Waals surface area contributed by atoms with Crippen molar-refractivity contribution in [3.05, 3.63) is 62.4 Å². The lowest BCUT2D eigenvalue weighted by molar-refractivity contribution is -0.384. The number of ether oxygens (including phenoxy) is 2. The third kappa shape index (κ3) is 2.32. The molecule has 7 heteroatoms. The number of aromatic amines is 1. The van der Waals surface area contributed by atoms with Crippen molar-refractivity contribution in [1.29, 1.82) is 0 Å². The maximum absolute atomic E-state index is 12.2. The highest BCUT2D eigenvalue weighted by Gasteiger charge is 2.25. The lowest BCUT2D eigenvalue weighted by Gasteiger charge is -2.13. The Morgan fingerprint density at radius 2 is 2.04 bits per heavy atom. The van der Waals surface area contributed by atoms with Gasteiger partial charge in [0.05, 0.1) is 35.1 Å². The van der Waals surface area contributed by atoms with E-state index in [4.69, 9.17) is 9.47 Å². The van der Waals surface area contributed by atoms with Gasteiger partial charge in [0.15, 0.2) is 0 Å². The summed E-state index contributed by atoms with van der Waals surface area (Å²) in [6.45, 7) is 0.521. The largest absolute Gasteiger partial charge is 0.495 e. The lowest BCUT2D eigenvalue weighted by atomic mass is 9.97. The number of nitrogens with zero attached hydrogens (tertiary/aromatic N) is 1. The Labute approximate surface area is 142 Å². The number of nitro benzene ring substituents is 1. The first-order valence-corrected chi connectivity index (χ1v) is 7.73. The molecule has 0 bridgehead atoms. The zero-order chi connectivity index (χ0) is 17.6. The molecule has 2 aromatic carbocycles. The fraction of sp³-hybridized carbons (Fsp3) is 0.167. The van der Waals surface area contributed by atoms with Crippen LogP contribution in [-0.2, 0) is 6.42 Å². The van der Waals surface area contributed by atoms with Crippen molar-refractivity contribution in [2.45, 2.75) is 6.42 Å². The topological polar surface area (TPSA) is 94.5 Å². The van der Waals surface area contributed by atoms with Crippen LogP contribution in [0.2, 0.25) is 0 Å². The molecule has 1 aliphatic heterocycles. The molecule has 25 heavy (non-hydrogen) atoms. The molecule has 7 nitrogen and oxygen atoms in total. The van der Waals surface area contributed by atoms with E-state index in [9.17, 15) is 14.9 Å². The zero-order valence-corrected chi connectivity index (χ0v) is 13.4. The van der Waals surface area contributed by atoms with E-state index in [0.717, 1.165) is 12.0 Å². The summed E-state index contributed by atoms with van der Waals surface area (Å²) in [5, 5.41) is 12.1. The molecular weight excluding hydrogens is 324 g/mol. The van der Waals surface area contributed by atoms with Crippen LogP contribution in [-0.4, -0.2) is 23.6 Å². The van der Waals surface area contributed by atoms with Crippen molar-refractivity contribution in [1.82, 2.24) is 4.98 Å². The van der Waals surface area contributed by atoms with Crippen LogP contribution in [0.5, 0.6) is 11.5 Å². The Hall–Kier alpha value is -3.35. The van der Waals surface area contributed by atoms with Gasteiger partial charge in [-0.15, -0.1) is 0 Å². The molecular formula is C18H14N2O5. The van der Waals surface area contributed by atoms with E-state index in [1.54, 1.807) is 18.2 Å². The predicted octanol–water partition coefficient (Wildman–Crippen LogP) is 3.05. The summed E-state index contributed by atoms with van der Waals surface area (Å²) in [5.41, 5.74) is 1.83. The fourth-order valence-electron chi connectivity index (χ4n) is 3.28. The van der Waals surface area contributed by atoms with Gasteiger partial charge in [-0.25, -0.2) is 0 Å². The van der Waals surface area contributed by atoms with Crippen molar-refractivity contribution in [2.24, 2.45) is 0 Å². The number of nitrogens with one attached hydrogen (secondary N) is 1. The Morgan fingerprint density at radius 3 is 2.80 bits per heavy atom. The molecule has 0 atom stereocenters. The molecule has 1 aliphatic rings. The molecule has 0 saturated carbocycles. The monoisotopic (exact) mass is 338 g/mol. The van der Waals surface area contributed by atoms with Gasteiger partial charge in [-0.05, 0) is 12.1 Å². The maximum atomic E-state index is 12.2. The van der Waals surface area contributed by atoms with Gasteiger partial charge in [0.1, 0.15) is 11.5 Å². The molecule has 0 aliphatic carbocycles. The molecule has 0 spiro atoms. The number of pyridine rings is 1. The minimum atomic E-state index is -0.455. The van der Waals surface area contributed by atoms with Gasteiger partial charge in [0, 0.05) is 29.7 Å². The van der Waals surface area contributed by atoms with E-state index in [0.29, 0.717) is 40.1 Å². The van der Waals surface area contributed by atoms with Crippen molar-refractivity contribution < 1.29 is 14.4 Å². The van der Waals surface area contributed by atoms with E-state index in [-0.39, 0.29) is 11.2 Å².